The van der Waals surface area contributed by atoms with Crippen LogP contribution in [0.3, 0.4) is 0 Å². The molecular weight excluding hydrogens is 483 g/mol. The van der Waals surface area contributed by atoms with E-state index in [9.17, 15) is 14.9 Å². The number of aryl methyl sites for hydroxylation is 2. The highest BCUT2D eigenvalue weighted by molar-refractivity contribution is 6.08. The Bertz CT molecular complexity index is 1570. The van der Waals surface area contributed by atoms with Gasteiger partial charge in [-0.1, -0.05) is 41.6 Å². The number of fused-ring (bicyclic) bond motifs is 1. The number of hydrogen-bond acceptors (Lipinski definition) is 6. The molecule has 1 unspecified atom stereocenters. The number of alkyl halides is 1. The summed E-state index contributed by atoms with van der Waals surface area (Å²) in [6.45, 7) is 4.88. The first-order chi connectivity index (χ1) is 18.1. The molecule has 4 aromatic rings. The van der Waals surface area contributed by atoms with Crippen LogP contribution in [0.25, 0.3) is 22.0 Å². The molecule has 1 aliphatic heterocycles. The Morgan fingerprint density at radius 2 is 1.89 bits per heavy atom. The van der Waals surface area contributed by atoms with Crippen LogP contribution < -0.4 is 0 Å². The molecule has 0 spiro atoms. The zero-order valence-corrected chi connectivity index (χ0v) is 21.5. The molecule has 38 heavy (non-hydrogen) atoms. The highest BCUT2D eigenvalue weighted by Crippen LogP contribution is 2.45. The van der Waals surface area contributed by atoms with Gasteiger partial charge in [-0.25, -0.2) is 4.39 Å². The minimum Gasteiger partial charge on any atom is -0.361 e. The van der Waals surface area contributed by atoms with E-state index in [4.69, 9.17) is 4.52 Å². The highest BCUT2D eigenvalue weighted by atomic mass is 19.1. The van der Waals surface area contributed by atoms with E-state index in [1.165, 1.54) is 11.8 Å². The summed E-state index contributed by atoms with van der Waals surface area (Å²) in [7, 11) is 0. The van der Waals surface area contributed by atoms with Crippen LogP contribution in [0.5, 0.6) is 0 Å². The fraction of sp³-hybridized carbons (Fsp3) is 0.300. The zero-order chi connectivity index (χ0) is 27.1. The van der Waals surface area contributed by atoms with E-state index in [0.29, 0.717) is 27.8 Å². The number of hydrogen-bond donors (Lipinski definition) is 0. The smallest absolute Gasteiger partial charge is 0.224 e. The average molecular weight is 511 g/mol. The maximum atomic E-state index is 15.2. The molecule has 1 amide bonds. The van der Waals surface area contributed by atoms with Crippen LogP contribution in [0.1, 0.15) is 53.6 Å². The zero-order valence-electron chi connectivity index (χ0n) is 21.5. The molecule has 1 aliphatic rings. The van der Waals surface area contributed by atoms with E-state index in [-0.39, 0.29) is 31.6 Å². The van der Waals surface area contributed by atoms with Crippen LogP contribution in [0.15, 0.2) is 65.3 Å². The first-order valence-corrected chi connectivity index (χ1v) is 12.5. The molecule has 3 heterocycles. The van der Waals surface area contributed by atoms with Crippen molar-refractivity contribution >= 4 is 22.6 Å². The van der Waals surface area contributed by atoms with Gasteiger partial charge in [0.25, 0.3) is 0 Å². The molecule has 1 fully saturated rings. The van der Waals surface area contributed by atoms with E-state index in [1.807, 2.05) is 32.0 Å². The third kappa shape index (κ3) is 4.34. The second-order valence-corrected chi connectivity index (χ2v) is 10.1. The Kier molecular flexibility index (Phi) is 6.31. The number of carbonyl (C=O) groups is 2. The molecule has 0 saturated carbocycles. The van der Waals surface area contributed by atoms with Gasteiger partial charge in [-0.05, 0) is 50.1 Å². The summed E-state index contributed by atoms with van der Waals surface area (Å²) in [5.41, 5.74) is 0.984. The van der Waals surface area contributed by atoms with Crippen LogP contribution >= 0.6 is 0 Å². The molecule has 7 nitrogen and oxygen atoms in total. The number of Topliss-reactive ketones (excluding diaryl/α,β-unsaturated/α-hetero) is 1. The van der Waals surface area contributed by atoms with E-state index in [1.54, 1.807) is 42.6 Å². The Morgan fingerprint density at radius 3 is 2.58 bits per heavy atom. The van der Waals surface area contributed by atoms with Crippen LogP contribution in [0.2, 0.25) is 0 Å². The third-order valence-electron chi connectivity index (χ3n) is 7.24. The quantitative estimate of drug-likeness (QED) is 0.302. The van der Waals surface area contributed by atoms with Gasteiger partial charge in [0.2, 0.25) is 5.91 Å². The van der Waals surface area contributed by atoms with Crippen LogP contribution in [0.4, 0.5) is 4.39 Å². The fourth-order valence-corrected chi connectivity index (χ4v) is 5.52. The molecule has 0 bridgehead atoms. The summed E-state index contributed by atoms with van der Waals surface area (Å²) in [5.74, 6) is 0.0140. The van der Waals surface area contributed by atoms with Crippen LogP contribution in [-0.2, 0) is 10.3 Å². The van der Waals surface area contributed by atoms with Gasteiger partial charge in [0, 0.05) is 42.0 Å². The fourth-order valence-electron chi connectivity index (χ4n) is 5.52. The van der Waals surface area contributed by atoms with Gasteiger partial charge in [-0.2, -0.15) is 5.26 Å². The average Bonchev–Trinajstić information content (AvgIpc) is 3.41. The first-order valence-electron chi connectivity index (χ1n) is 12.5. The van der Waals surface area contributed by atoms with Gasteiger partial charge >= 0.3 is 0 Å². The number of rotatable bonds is 6. The van der Waals surface area contributed by atoms with Gasteiger partial charge < -0.3 is 9.42 Å². The summed E-state index contributed by atoms with van der Waals surface area (Å²) in [4.78, 5) is 32.4. The minimum atomic E-state index is -1.72. The van der Waals surface area contributed by atoms with E-state index in [2.05, 4.69) is 16.2 Å². The number of nitrogens with zero attached hydrogens (tertiary/aromatic N) is 4. The number of benzene rings is 2. The number of aromatic nitrogens is 2. The topological polar surface area (TPSA) is 100 Å². The molecular formula is C30H27FN4O3. The van der Waals surface area contributed by atoms with Crippen molar-refractivity contribution in [3.63, 3.8) is 0 Å². The maximum absolute atomic E-state index is 15.2. The van der Waals surface area contributed by atoms with Crippen LogP contribution in [-0.4, -0.2) is 38.9 Å². The lowest BCUT2D eigenvalue weighted by Crippen LogP contribution is -2.44. The van der Waals surface area contributed by atoms with Crippen molar-refractivity contribution in [3.8, 4) is 17.2 Å². The first kappa shape index (κ1) is 25.3. The third-order valence-corrected chi connectivity index (χ3v) is 7.24. The summed E-state index contributed by atoms with van der Waals surface area (Å²) < 4.78 is 20.5. The Hall–Kier alpha value is -4.38. The second-order valence-electron chi connectivity index (χ2n) is 10.1. The van der Waals surface area contributed by atoms with E-state index >= 15 is 4.39 Å². The van der Waals surface area contributed by atoms with Crippen molar-refractivity contribution in [2.45, 2.75) is 51.2 Å². The lowest BCUT2D eigenvalue weighted by molar-refractivity contribution is -0.134. The molecule has 192 valence electrons. The highest BCUT2D eigenvalue weighted by Gasteiger charge is 2.55. The molecule has 0 aliphatic carbocycles. The molecule has 0 radical (unpaired) electrons. The Balaban J connectivity index is 1.41. The van der Waals surface area contributed by atoms with E-state index < -0.39 is 17.1 Å². The SMILES string of the molecule is Cc1noc(C)c1-c1ccc2nccc(C(=O)CCC(=O)N3CC(C)(F)C[C@]3(C#N)c3ccccc3)c2c1. The molecule has 1 saturated heterocycles. The standard InChI is InChI=1S/C30H27FN4O3/c1-19-28(20(2)38-34-19)21-9-10-25-24(15-21)23(13-14-33-25)26(36)11-12-27(37)35-18-29(3,31)16-30(35,17-32)22-7-5-4-6-8-22/h4-10,13-15H,11-12,16,18H2,1-3H3/t29?,30-/m0/s1. The number of ketones is 1. The van der Waals surface area contributed by atoms with Gasteiger partial charge in [-0.3, -0.25) is 14.6 Å². The monoisotopic (exact) mass is 510 g/mol. The van der Waals surface area contributed by atoms with E-state index in [0.717, 1.165) is 16.8 Å². The van der Waals surface area contributed by atoms with Crippen molar-refractivity contribution in [1.29, 1.82) is 5.26 Å². The largest absolute Gasteiger partial charge is 0.361 e. The lowest BCUT2D eigenvalue weighted by Gasteiger charge is -2.32. The Morgan fingerprint density at radius 1 is 1.13 bits per heavy atom. The van der Waals surface area contributed by atoms with Crippen molar-refractivity contribution in [2.24, 2.45) is 0 Å². The molecule has 2 atom stereocenters. The summed E-state index contributed by atoms with van der Waals surface area (Å²) in [5, 5.41) is 14.8. The maximum Gasteiger partial charge on any atom is 0.224 e. The van der Waals surface area contributed by atoms with Crippen molar-refractivity contribution in [2.75, 3.05) is 6.54 Å². The van der Waals surface area contributed by atoms with Crippen LogP contribution in [0, 0.1) is 25.2 Å². The van der Waals surface area contributed by atoms with Gasteiger partial charge in [0.05, 0.1) is 23.8 Å². The number of nitriles is 1. The minimum absolute atomic E-state index is 0.0801. The summed E-state index contributed by atoms with van der Waals surface area (Å²) in [6, 6.07) is 18.3. The second kappa shape index (κ2) is 9.49. The number of carbonyl (C=O) groups excluding carboxylic acids is 2. The van der Waals surface area contributed by atoms with Gasteiger partial charge in [0.1, 0.15) is 11.4 Å². The molecule has 0 N–H and O–H groups in total. The molecule has 8 heteroatoms. The predicted octanol–water partition coefficient (Wildman–Crippen LogP) is 5.85. The summed E-state index contributed by atoms with van der Waals surface area (Å²) >= 11 is 0. The molecule has 2 aromatic carbocycles. The van der Waals surface area contributed by atoms with Gasteiger partial charge in [-0.15, -0.1) is 0 Å². The Labute approximate surface area is 219 Å². The van der Waals surface area contributed by atoms with Gasteiger partial charge in [0.15, 0.2) is 11.3 Å². The number of halogens is 1. The predicted molar refractivity (Wildman–Crippen MR) is 140 cm³/mol. The van der Waals surface area contributed by atoms with Crippen molar-refractivity contribution in [1.82, 2.24) is 15.0 Å². The number of likely N-dealkylation sites (tertiary alicyclic amines) is 1. The number of amides is 1. The molecule has 5 rings (SSSR count). The van der Waals surface area contributed by atoms with Crippen molar-refractivity contribution < 1.29 is 18.5 Å². The molecule has 2 aromatic heterocycles. The summed E-state index contributed by atoms with van der Waals surface area (Å²) in [6.07, 6.45) is 1.22. The normalized spacial score (nSPS) is 21.0. The number of pyridine rings is 1. The van der Waals surface area contributed by atoms with Crippen molar-refractivity contribution in [3.05, 3.63) is 83.4 Å². The lowest BCUT2D eigenvalue weighted by atomic mass is 9.85.